The molecule has 0 aliphatic heterocycles. The number of nitrogens with zero attached hydrogens (tertiary/aromatic N) is 1. The molecule has 96 valence electrons. The summed E-state index contributed by atoms with van der Waals surface area (Å²) in [5.41, 5.74) is 8.11. The molecule has 4 heteroatoms. The van der Waals surface area contributed by atoms with Crippen molar-refractivity contribution in [3.05, 3.63) is 28.2 Å². The highest BCUT2D eigenvalue weighted by Gasteiger charge is 2.06. The van der Waals surface area contributed by atoms with E-state index in [0.717, 1.165) is 17.4 Å². The van der Waals surface area contributed by atoms with E-state index in [1.807, 2.05) is 11.8 Å². The van der Waals surface area contributed by atoms with Gasteiger partial charge in [-0.05, 0) is 65.0 Å². The number of halogens is 1. The molecule has 0 aliphatic carbocycles. The van der Waals surface area contributed by atoms with Gasteiger partial charge in [0.25, 0.3) is 0 Å². The fraction of sp³-hybridized carbons (Fsp3) is 0.538. The first-order valence-electron chi connectivity index (χ1n) is 5.87. The Balaban J connectivity index is 2.63. The number of benzene rings is 1. The summed E-state index contributed by atoms with van der Waals surface area (Å²) in [5, 5.41) is 0. The van der Waals surface area contributed by atoms with Crippen molar-refractivity contribution in [1.82, 2.24) is 0 Å². The lowest BCUT2D eigenvalue weighted by molar-refractivity contribution is 0.857. The quantitative estimate of drug-likeness (QED) is 0.784. The normalized spacial score (nSPS) is 10.6. The summed E-state index contributed by atoms with van der Waals surface area (Å²) in [6, 6.07) is 6.51. The molecule has 0 spiro atoms. The van der Waals surface area contributed by atoms with Gasteiger partial charge in [-0.25, -0.2) is 0 Å². The lowest BCUT2D eigenvalue weighted by atomic mass is 10.1. The van der Waals surface area contributed by atoms with E-state index < -0.39 is 0 Å². The van der Waals surface area contributed by atoms with Crippen LogP contribution in [0.15, 0.2) is 22.7 Å². The number of hydrogen-bond acceptors (Lipinski definition) is 3. The van der Waals surface area contributed by atoms with E-state index in [1.165, 1.54) is 23.4 Å². The number of thioether (sulfide) groups is 1. The first-order chi connectivity index (χ1) is 8.19. The van der Waals surface area contributed by atoms with Gasteiger partial charge in [-0.2, -0.15) is 11.8 Å². The number of anilines is 1. The van der Waals surface area contributed by atoms with Crippen LogP contribution < -0.4 is 10.6 Å². The Morgan fingerprint density at radius 3 is 2.76 bits per heavy atom. The molecule has 0 bridgehead atoms. The highest BCUT2D eigenvalue weighted by Crippen LogP contribution is 2.26. The van der Waals surface area contributed by atoms with Gasteiger partial charge in [-0.3, -0.25) is 0 Å². The first-order valence-corrected chi connectivity index (χ1v) is 8.06. The van der Waals surface area contributed by atoms with Gasteiger partial charge in [-0.15, -0.1) is 0 Å². The molecule has 0 unspecified atom stereocenters. The summed E-state index contributed by atoms with van der Waals surface area (Å²) in [6.45, 7) is 1.80. The number of rotatable bonds is 7. The highest BCUT2D eigenvalue weighted by atomic mass is 79.9. The molecule has 1 rings (SSSR count). The van der Waals surface area contributed by atoms with Crippen molar-refractivity contribution in [2.24, 2.45) is 5.73 Å². The Morgan fingerprint density at radius 2 is 2.18 bits per heavy atom. The lowest BCUT2D eigenvalue weighted by Crippen LogP contribution is -2.19. The minimum Gasteiger partial charge on any atom is -0.374 e. The van der Waals surface area contributed by atoms with Crippen LogP contribution in [0.25, 0.3) is 0 Å². The number of nitrogens with two attached hydrogens (primary N) is 1. The van der Waals surface area contributed by atoms with Gasteiger partial charge in [0.1, 0.15) is 0 Å². The van der Waals surface area contributed by atoms with Crippen LogP contribution in [0.3, 0.4) is 0 Å². The Labute approximate surface area is 117 Å². The molecule has 0 fully saturated rings. The predicted octanol–water partition coefficient (Wildman–Crippen LogP) is 3.14. The molecule has 0 amide bonds. The second-order valence-electron chi connectivity index (χ2n) is 4.09. The maximum absolute atomic E-state index is 5.56. The van der Waals surface area contributed by atoms with Crippen molar-refractivity contribution < 1.29 is 0 Å². The first kappa shape index (κ1) is 14.9. The van der Waals surface area contributed by atoms with Crippen molar-refractivity contribution in [3.8, 4) is 0 Å². The fourth-order valence-corrected chi connectivity index (χ4v) is 2.90. The van der Waals surface area contributed by atoms with Crippen molar-refractivity contribution in [3.63, 3.8) is 0 Å². The summed E-state index contributed by atoms with van der Waals surface area (Å²) in [4.78, 5) is 2.30. The lowest BCUT2D eigenvalue weighted by Gasteiger charge is -2.21. The van der Waals surface area contributed by atoms with Gasteiger partial charge in [0.05, 0.1) is 5.69 Å². The molecule has 0 atom stereocenters. The van der Waals surface area contributed by atoms with Crippen LogP contribution in [0.5, 0.6) is 0 Å². The summed E-state index contributed by atoms with van der Waals surface area (Å²) < 4.78 is 1.16. The van der Waals surface area contributed by atoms with Gasteiger partial charge in [0, 0.05) is 18.1 Å². The molecular formula is C13H21BrN2S. The average Bonchev–Trinajstić information content (AvgIpc) is 2.29. The maximum atomic E-state index is 5.56. The summed E-state index contributed by atoms with van der Waals surface area (Å²) in [7, 11) is 2.14. The molecule has 0 saturated heterocycles. The van der Waals surface area contributed by atoms with Gasteiger partial charge >= 0.3 is 0 Å². The van der Waals surface area contributed by atoms with Gasteiger partial charge in [0.2, 0.25) is 0 Å². The largest absolute Gasteiger partial charge is 0.374 e. The van der Waals surface area contributed by atoms with Crippen LogP contribution in [0.1, 0.15) is 12.0 Å². The van der Waals surface area contributed by atoms with Crippen molar-refractivity contribution >= 4 is 33.4 Å². The van der Waals surface area contributed by atoms with E-state index in [4.69, 9.17) is 5.73 Å². The van der Waals surface area contributed by atoms with E-state index in [2.05, 4.69) is 52.3 Å². The molecule has 0 saturated carbocycles. The van der Waals surface area contributed by atoms with Crippen LogP contribution in [-0.4, -0.2) is 32.1 Å². The summed E-state index contributed by atoms with van der Waals surface area (Å²) in [6.07, 6.45) is 4.31. The van der Waals surface area contributed by atoms with Gasteiger partial charge in [0.15, 0.2) is 0 Å². The molecule has 0 heterocycles. The Morgan fingerprint density at radius 1 is 1.41 bits per heavy atom. The topological polar surface area (TPSA) is 29.3 Å². The van der Waals surface area contributed by atoms with E-state index in [9.17, 15) is 0 Å². The summed E-state index contributed by atoms with van der Waals surface area (Å²) in [5.74, 6) is 1.22. The molecule has 1 aromatic rings. The minimum absolute atomic E-state index is 0.704. The third kappa shape index (κ3) is 4.90. The zero-order chi connectivity index (χ0) is 12.7. The zero-order valence-corrected chi connectivity index (χ0v) is 13.0. The Kier molecular flexibility index (Phi) is 7.00. The Bertz CT molecular complexity index is 344. The van der Waals surface area contributed by atoms with Crippen LogP contribution in [0.2, 0.25) is 0 Å². The zero-order valence-electron chi connectivity index (χ0n) is 10.6. The molecule has 0 aromatic heterocycles. The molecule has 17 heavy (non-hydrogen) atoms. The smallest absolute Gasteiger partial charge is 0.0508 e. The van der Waals surface area contributed by atoms with Gasteiger partial charge < -0.3 is 10.6 Å². The molecule has 2 nitrogen and oxygen atoms in total. The molecule has 1 aromatic carbocycles. The highest BCUT2D eigenvalue weighted by molar-refractivity contribution is 9.10. The maximum Gasteiger partial charge on any atom is 0.0508 e. The van der Waals surface area contributed by atoms with E-state index in [0.29, 0.717) is 6.54 Å². The van der Waals surface area contributed by atoms with Crippen molar-refractivity contribution in [2.45, 2.75) is 12.8 Å². The molecule has 0 radical (unpaired) electrons. The minimum atomic E-state index is 0.704. The Hall–Kier alpha value is -0.190. The molecular weight excluding hydrogens is 296 g/mol. The molecule has 2 N–H and O–H groups in total. The monoisotopic (exact) mass is 316 g/mol. The van der Waals surface area contributed by atoms with Crippen LogP contribution in [-0.2, 0) is 6.42 Å². The number of hydrogen-bond donors (Lipinski definition) is 1. The van der Waals surface area contributed by atoms with E-state index >= 15 is 0 Å². The standard InChI is InChI=1S/C13H21BrN2S/c1-16(8-3-9-17-2)13-5-4-11(6-7-15)10-12(13)14/h4-5,10H,3,6-9,15H2,1-2H3. The van der Waals surface area contributed by atoms with Crippen LogP contribution in [0, 0.1) is 0 Å². The van der Waals surface area contributed by atoms with Crippen LogP contribution in [0.4, 0.5) is 5.69 Å². The summed E-state index contributed by atoms with van der Waals surface area (Å²) >= 11 is 5.54. The van der Waals surface area contributed by atoms with E-state index in [1.54, 1.807) is 0 Å². The average molecular weight is 317 g/mol. The SMILES string of the molecule is CSCCCN(C)c1ccc(CCN)cc1Br. The van der Waals surface area contributed by atoms with Crippen LogP contribution >= 0.6 is 27.7 Å². The van der Waals surface area contributed by atoms with Crippen molar-refractivity contribution in [1.29, 1.82) is 0 Å². The fourth-order valence-electron chi connectivity index (χ4n) is 1.75. The molecule has 0 aliphatic rings. The second kappa shape index (κ2) is 8.01. The van der Waals surface area contributed by atoms with E-state index in [-0.39, 0.29) is 0 Å². The third-order valence-corrected chi connectivity index (χ3v) is 4.03. The van der Waals surface area contributed by atoms with Crippen molar-refractivity contribution in [2.75, 3.05) is 37.0 Å². The predicted molar refractivity (Wildman–Crippen MR) is 83.2 cm³/mol. The second-order valence-corrected chi connectivity index (χ2v) is 5.93. The third-order valence-electron chi connectivity index (χ3n) is 2.70. The van der Waals surface area contributed by atoms with Gasteiger partial charge in [-0.1, -0.05) is 6.07 Å².